The molecular formula is C18H34N2O5. The van der Waals surface area contributed by atoms with Crippen LogP contribution in [0.1, 0.15) is 61.3 Å². The van der Waals surface area contributed by atoms with Gasteiger partial charge in [-0.05, 0) is 40.0 Å². The summed E-state index contributed by atoms with van der Waals surface area (Å²) in [6, 6.07) is -0.763. The molecule has 2 amide bonds. The fraction of sp³-hybridized carbons (Fsp3) is 0.833. The first kappa shape index (κ1) is 23.2. The van der Waals surface area contributed by atoms with E-state index >= 15 is 0 Å². The number of nitrogens with zero attached hydrogens (tertiary/aromatic N) is 1. The van der Waals surface area contributed by atoms with Gasteiger partial charge in [-0.3, -0.25) is 9.59 Å². The summed E-state index contributed by atoms with van der Waals surface area (Å²) < 4.78 is 10.2. The molecule has 0 rings (SSSR count). The molecule has 1 atom stereocenters. The summed E-state index contributed by atoms with van der Waals surface area (Å²) >= 11 is 0. The van der Waals surface area contributed by atoms with Gasteiger partial charge >= 0.3 is 12.1 Å². The van der Waals surface area contributed by atoms with Crippen LogP contribution in [0.4, 0.5) is 4.79 Å². The number of amides is 2. The van der Waals surface area contributed by atoms with Crippen molar-refractivity contribution < 1.29 is 23.9 Å². The van der Waals surface area contributed by atoms with Crippen LogP contribution in [0.2, 0.25) is 0 Å². The van der Waals surface area contributed by atoms with Gasteiger partial charge in [0.25, 0.3) is 0 Å². The quantitative estimate of drug-likeness (QED) is 0.641. The first-order valence-corrected chi connectivity index (χ1v) is 8.95. The van der Waals surface area contributed by atoms with Crippen LogP contribution in [0.3, 0.4) is 0 Å². The molecule has 0 saturated carbocycles. The van der Waals surface area contributed by atoms with E-state index in [1.165, 1.54) is 4.90 Å². The maximum atomic E-state index is 12.9. The molecule has 0 aromatic heterocycles. The Hall–Kier alpha value is -1.79. The lowest BCUT2D eigenvalue weighted by molar-refractivity contribution is -0.150. The van der Waals surface area contributed by atoms with Crippen LogP contribution in [0.15, 0.2) is 0 Å². The average molecular weight is 358 g/mol. The van der Waals surface area contributed by atoms with Gasteiger partial charge in [-0.25, -0.2) is 4.79 Å². The van der Waals surface area contributed by atoms with Gasteiger partial charge in [-0.15, -0.1) is 0 Å². The zero-order valence-corrected chi connectivity index (χ0v) is 16.7. The molecular weight excluding hydrogens is 324 g/mol. The zero-order chi connectivity index (χ0) is 19.6. The summed E-state index contributed by atoms with van der Waals surface area (Å²) in [6.45, 7) is 13.2. The van der Waals surface area contributed by atoms with Crippen molar-refractivity contribution in [2.45, 2.75) is 73.0 Å². The molecule has 0 spiro atoms. The fourth-order valence-corrected chi connectivity index (χ4v) is 2.12. The molecule has 7 nitrogen and oxygen atoms in total. The molecule has 0 heterocycles. The topological polar surface area (TPSA) is 84.9 Å². The lowest BCUT2D eigenvalue weighted by Gasteiger charge is -2.30. The van der Waals surface area contributed by atoms with E-state index in [0.29, 0.717) is 6.54 Å². The molecule has 0 aromatic rings. The van der Waals surface area contributed by atoms with E-state index in [2.05, 4.69) is 5.32 Å². The number of carbonyl (C=O) groups excluding carboxylic acids is 3. The van der Waals surface area contributed by atoms with Gasteiger partial charge in [-0.2, -0.15) is 0 Å². The Morgan fingerprint density at radius 3 is 2.16 bits per heavy atom. The first-order valence-electron chi connectivity index (χ1n) is 8.95. The predicted octanol–water partition coefficient (Wildman–Crippen LogP) is 2.73. The number of hydrogen-bond donors (Lipinski definition) is 1. The Labute approximate surface area is 151 Å². The molecule has 0 aliphatic heterocycles. The molecule has 0 aliphatic rings. The summed E-state index contributed by atoms with van der Waals surface area (Å²) in [5, 5.41) is 2.63. The number of rotatable bonds is 9. The second-order valence-electron chi connectivity index (χ2n) is 7.29. The van der Waals surface area contributed by atoms with Crippen LogP contribution in [0.5, 0.6) is 0 Å². The van der Waals surface area contributed by atoms with Gasteiger partial charge in [0.05, 0.1) is 6.61 Å². The summed E-state index contributed by atoms with van der Waals surface area (Å²) in [5.74, 6) is -0.902. The lowest BCUT2D eigenvalue weighted by Crippen LogP contribution is -2.53. The number of ether oxygens (including phenoxy) is 2. The minimum Gasteiger partial charge on any atom is -0.465 e. The van der Waals surface area contributed by atoms with E-state index in [1.807, 2.05) is 20.8 Å². The predicted molar refractivity (Wildman–Crippen MR) is 96.1 cm³/mol. The molecule has 0 aromatic carbocycles. The van der Waals surface area contributed by atoms with Gasteiger partial charge < -0.3 is 19.7 Å². The van der Waals surface area contributed by atoms with Crippen LogP contribution in [-0.2, 0) is 19.1 Å². The van der Waals surface area contributed by atoms with Gasteiger partial charge in [-0.1, -0.05) is 27.2 Å². The van der Waals surface area contributed by atoms with Crippen molar-refractivity contribution in [3.05, 3.63) is 0 Å². The number of esters is 1. The van der Waals surface area contributed by atoms with Crippen LogP contribution in [0.25, 0.3) is 0 Å². The molecule has 25 heavy (non-hydrogen) atoms. The van der Waals surface area contributed by atoms with Crippen LogP contribution in [-0.4, -0.2) is 54.2 Å². The highest BCUT2D eigenvalue weighted by molar-refractivity contribution is 5.88. The van der Waals surface area contributed by atoms with Crippen LogP contribution < -0.4 is 5.32 Å². The van der Waals surface area contributed by atoms with E-state index in [9.17, 15) is 14.4 Å². The van der Waals surface area contributed by atoms with Crippen LogP contribution >= 0.6 is 0 Å². The van der Waals surface area contributed by atoms with E-state index in [1.54, 1.807) is 27.7 Å². The molecule has 146 valence electrons. The highest BCUT2D eigenvalue weighted by atomic mass is 16.6. The Bertz CT molecular complexity index is 443. The van der Waals surface area contributed by atoms with Crippen molar-refractivity contribution >= 4 is 18.0 Å². The third-order valence-electron chi connectivity index (χ3n) is 3.32. The van der Waals surface area contributed by atoms with Gasteiger partial charge in [0.15, 0.2) is 0 Å². The summed E-state index contributed by atoms with van der Waals surface area (Å²) in [5.41, 5.74) is -0.651. The van der Waals surface area contributed by atoms with Crippen molar-refractivity contribution in [2.75, 3.05) is 19.7 Å². The summed E-state index contributed by atoms with van der Waals surface area (Å²) in [4.78, 5) is 38.2. The average Bonchev–Trinajstić information content (AvgIpc) is 2.46. The standard InChI is InChI=1S/C18H34N2O5/c1-8-10-11-20(12-14(21)24-9-2)16(22)15(13(3)4)19-17(23)25-18(5,6)7/h13,15H,8-12H2,1-7H3,(H,19,23)/t15-/m0/s1. The highest BCUT2D eigenvalue weighted by Gasteiger charge is 2.31. The molecule has 0 radical (unpaired) electrons. The molecule has 1 N–H and O–H groups in total. The minimum absolute atomic E-state index is 0.119. The third kappa shape index (κ3) is 9.94. The molecule has 7 heteroatoms. The van der Waals surface area contributed by atoms with Gasteiger partial charge in [0.2, 0.25) is 5.91 Å². The van der Waals surface area contributed by atoms with E-state index < -0.39 is 23.7 Å². The third-order valence-corrected chi connectivity index (χ3v) is 3.32. The van der Waals surface area contributed by atoms with Crippen molar-refractivity contribution in [3.63, 3.8) is 0 Å². The largest absolute Gasteiger partial charge is 0.465 e. The maximum absolute atomic E-state index is 12.9. The molecule has 0 fully saturated rings. The SMILES string of the molecule is CCCCN(CC(=O)OCC)C(=O)[C@@H](NC(=O)OC(C)(C)C)C(C)C. The number of unbranched alkanes of at least 4 members (excludes halogenated alkanes) is 1. The van der Waals surface area contributed by atoms with Crippen LogP contribution in [0, 0.1) is 5.92 Å². The summed E-state index contributed by atoms with van der Waals surface area (Å²) in [7, 11) is 0. The Morgan fingerprint density at radius 1 is 1.12 bits per heavy atom. The smallest absolute Gasteiger partial charge is 0.408 e. The van der Waals surface area contributed by atoms with Crippen molar-refractivity contribution in [1.29, 1.82) is 0 Å². The number of alkyl carbamates (subject to hydrolysis) is 1. The highest BCUT2D eigenvalue weighted by Crippen LogP contribution is 2.11. The van der Waals surface area contributed by atoms with Crippen molar-refractivity contribution in [2.24, 2.45) is 5.92 Å². The monoisotopic (exact) mass is 358 g/mol. The van der Waals surface area contributed by atoms with E-state index in [0.717, 1.165) is 12.8 Å². The fourth-order valence-electron chi connectivity index (χ4n) is 2.12. The van der Waals surface area contributed by atoms with Crippen molar-refractivity contribution in [1.82, 2.24) is 10.2 Å². The lowest BCUT2D eigenvalue weighted by atomic mass is 10.0. The summed E-state index contributed by atoms with van der Waals surface area (Å²) in [6.07, 6.45) is 1.01. The van der Waals surface area contributed by atoms with Gasteiger partial charge in [0.1, 0.15) is 18.2 Å². The molecule has 0 saturated heterocycles. The van der Waals surface area contributed by atoms with E-state index in [-0.39, 0.29) is 25.0 Å². The number of nitrogens with one attached hydrogen (secondary N) is 1. The molecule has 0 aliphatic carbocycles. The number of carbonyl (C=O) groups is 3. The first-order chi connectivity index (χ1) is 11.5. The van der Waals surface area contributed by atoms with E-state index in [4.69, 9.17) is 9.47 Å². The number of hydrogen-bond acceptors (Lipinski definition) is 5. The molecule has 0 unspecified atom stereocenters. The van der Waals surface area contributed by atoms with Crippen molar-refractivity contribution in [3.8, 4) is 0 Å². The van der Waals surface area contributed by atoms with Gasteiger partial charge in [0, 0.05) is 6.54 Å². The molecule has 0 bridgehead atoms. The Kier molecular flexibility index (Phi) is 10.2. The Balaban J connectivity index is 5.13. The maximum Gasteiger partial charge on any atom is 0.408 e. The second kappa shape index (κ2) is 10.9. The minimum atomic E-state index is -0.763. The Morgan fingerprint density at radius 2 is 1.72 bits per heavy atom. The zero-order valence-electron chi connectivity index (χ0n) is 16.7. The second-order valence-corrected chi connectivity index (χ2v) is 7.29. The normalized spacial score (nSPS) is 12.5.